The molecule has 2 aromatic heterocycles. The number of thiazole rings is 1. The van der Waals surface area contributed by atoms with Crippen LogP contribution in [0.2, 0.25) is 0 Å². The van der Waals surface area contributed by atoms with E-state index in [2.05, 4.69) is 70.9 Å². The summed E-state index contributed by atoms with van der Waals surface area (Å²) in [7, 11) is 0. The maximum atomic E-state index is 12.9. The number of hydrogen-bond donors (Lipinski definition) is 0. The van der Waals surface area contributed by atoms with E-state index in [4.69, 9.17) is 4.98 Å². The second-order valence-electron chi connectivity index (χ2n) is 12.1. The SMILES string of the molecule is Cc1cn(CC(=O)N2CCC(c3cnc(-c4cc(C(C)(C)C)cc(C(C)(C)C)c4)s3)CC2)c(C)n1. The normalized spacial score (nSPS) is 15.6. The van der Waals surface area contributed by atoms with Gasteiger partial charge in [-0.2, -0.15) is 0 Å². The van der Waals surface area contributed by atoms with Crippen LogP contribution in [0, 0.1) is 13.8 Å². The summed E-state index contributed by atoms with van der Waals surface area (Å²) < 4.78 is 1.96. The lowest BCUT2D eigenvalue weighted by Gasteiger charge is -2.31. The zero-order valence-electron chi connectivity index (χ0n) is 22.6. The van der Waals surface area contributed by atoms with Gasteiger partial charge in [-0.3, -0.25) is 4.79 Å². The van der Waals surface area contributed by atoms with Gasteiger partial charge in [-0.05, 0) is 66.7 Å². The number of piperidine rings is 1. The van der Waals surface area contributed by atoms with Crippen LogP contribution in [0.15, 0.2) is 30.6 Å². The fourth-order valence-electron chi connectivity index (χ4n) is 4.71. The summed E-state index contributed by atoms with van der Waals surface area (Å²) in [6.07, 6.45) is 6.01. The zero-order valence-corrected chi connectivity index (χ0v) is 23.4. The lowest BCUT2D eigenvalue weighted by atomic mass is 9.79. The molecule has 3 heterocycles. The van der Waals surface area contributed by atoms with Crippen molar-refractivity contribution in [1.29, 1.82) is 0 Å². The number of rotatable bonds is 4. The Hall–Kier alpha value is -2.47. The van der Waals surface area contributed by atoms with Crippen molar-refractivity contribution >= 4 is 17.2 Å². The van der Waals surface area contributed by atoms with Gasteiger partial charge in [0.25, 0.3) is 0 Å². The smallest absolute Gasteiger partial charge is 0.242 e. The van der Waals surface area contributed by atoms with E-state index in [0.29, 0.717) is 12.5 Å². The van der Waals surface area contributed by atoms with Crippen LogP contribution in [-0.4, -0.2) is 38.4 Å². The first-order chi connectivity index (χ1) is 16.3. The summed E-state index contributed by atoms with van der Waals surface area (Å²) in [6.45, 7) is 19.5. The summed E-state index contributed by atoms with van der Waals surface area (Å²) in [5, 5.41) is 1.10. The van der Waals surface area contributed by atoms with Crippen LogP contribution in [0.3, 0.4) is 0 Å². The molecule has 0 bridgehead atoms. The summed E-state index contributed by atoms with van der Waals surface area (Å²) in [5.74, 6) is 1.55. The molecule has 0 aliphatic carbocycles. The first-order valence-electron chi connectivity index (χ1n) is 12.7. The molecule has 1 saturated heterocycles. The van der Waals surface area contributed by atoms with Crippen LogP contribution < -0.4 is 0 Å². The van der Waals surface area contributed by atoms with Gasteiger partial charge >= 0.3 is 0 Å². The lowest BCUT2D eigenvalue weighted by molar-refractivity contribution is -0.132. The molecule has 1 amide bonds. The number of aryl methyl sites for hydroxylation is 2. The fourth-order valence-corrected chi connectivity index (χ4v) is 5.78. The van der Waals surface area contributed by atoms with Gasteiger partial charge in [0, 0.05) is 35.9 Å². The number of likely N-dealkylation sites (tertiary alicyclic amines) is 1. The van der Waals surface area contributed by atoms with Crippen molar-refractivity contribution < 1.29 is 4.79 Å². The third-order valence-electron chi connectivity index (χ3n) is 7.09. The standard InChI is InChI=1S/C29H40N4OS/c1-19-17-33(20(2)31-19)18-26(34)32-11-9-21(10-12-32)25-16-30-27(35-25)22-13-23(28(3,4)5)15-24(14-22)29(6,7)8/h13-17,21H,9-12,18H2,1-8H3. The van der Waals surface area contributed by atoms with E-state index in [1.165, 1.54) is 21.6 Å². The van der Waals surface area contributed by atoms with E-state index in [1.807, 2.05) is 40.8 Å². The van der Waals surface area contributed by atoms with Crippen molar-refractivity contribution in [3.63, 3.8) is 0 Å². The number of amides is 1. The maximum absolute atomic E-state index is 12.9. The molecule has 3 aromatic rings. The summed E-state index contributed by atoms with van der Waals surface area (Å²) in [6, 6.07) is 7.00. The molecule has 0 N–H and O–H groups in total. The van der Waals surface area contributed by atoms with Gasteiger partial charge in [-0.25, -0.2) is 9.97 Å². The highest BCUT2D eigenvalue weighted by Gasteiger charge is 2.27. The largest absolute Gasteiger partial charge is 0.341 e. The van der Waals surface area contributed by atoms with Crippen molar-refractivity contribution in [2.24, 2.45) is 0 Å². The molecule has 1 aliphatic heterocycles. The van der Waals surface area contributed by atoms with E-state index in [0.717, 1.165) is 42.5 Å². The Bertz CT molecular complexity index is 1170. The summed E-state index contributed by atoms with van der Waals surface area (Å²) in [5.41, 5.74) is 5.06. The molecule has 0 radical (unpaired) electrons. The predicted molar refractivity (Wildman–Crippen MR) is 145 cm³/mol. The van der Waals surface area contributed by atoms with Crippen LogP contribution in [0.5, 0.6) is 0 Å². The number of hydrogen-bond acceptors (Lipinski definition) is 4. The molecule has 1 fully saturated rings. The van der Waals surface area contributed by atoms with Crippen molar-refractivity contribution in [2.75, 3.05) is 13.1 Å². The Kier molecular flexibility index (Phi) is 6.98. The monoisotopic (exact) mass is 492 g/mol. The number of benzene rings is 1. The van der Waals surface area contributed by atoms with E-state index in [9.17, 15) is 4.79 Å². The fraction of sp³-hybridized carbons (Fsp3) is 0.552. The topological polar surface area (TPSA) is 51.0 Å². The van der Waals surface area contributed by atoms with Crippen molar-refractivity contribution in [3.8, 4) is 10.6 Å². The van der Waals surface area contributed by atoms with E-state index >= 15 is 0 Å². The van der Waals surface area contributed by atoms with E-state index in [1.54, 1.807) is 0 Å². The van der Waals surface area contributed by atoms with Crippen LogP contribution in [0.4, 0.5) is 0 Å². The number of carbonyl (C=O) groups is 1. The van der Waals surface area contributed by atoms with Crippen LogP contribution >= 0.6 is 11.3 Å². The van der Waals surface area contributed by atoms with E-state index in [-0.39, 0.29) is 16.7 Å². The summed E-state index contributed by atoms with van der Waals surface area (Å²) >= 11 is 1.82. The highest BCUT2D eigenvalue weighted by atomic mass is 32.1. The average Bonchev–Trinajstić information content (AvgIpc) is 3.39. The molecule has 188 valence electrons. The van der Waals surface area contributed by atoms with Crippen molar-refractivity contribution in [3.05, 3.63) is 58.1 Å². The molecule has 0 atom stereocenters. The third kappa shape index (κ3) is 5.85. The summed E-state index contributed by atoms with van der Waals surface area (Å²) in [4.78, 5) is 25.5. The number of carbonyl (C=O) groups excluding carboxylic acids is 1. The van der Waals surface area contributed by atoms with E-state index < -0.39 is 0 Å². The molecule has 0 saturated carbocycles. The minimum Gasteiger partial charge on any atom is -0.341 e. The Morgan fingerprint density at radius 1 is 1.00 bits per heavy atom. The molecule has 35 heavy (non-hydrogen) atoms. The third-order valence-corrected chi connectivity index (χ3v) is 8.30. The number of aromatic nitrogens is 3. The molecule has 0 unspecified atom stereocenters. The first kappa shape index (κ1) is 25.6. The van der Waals surface area contributed by atoms with Crippen LogP contribution in [-0.2, 0) is 22.2 Å². The highest BCUT2D eigenvalue weighted by molar-refractivity contribution is 7.15. The van der Waals surface area contributed by atoms with Gasteiger partial charge in [0.1, 0.15) is 17.4 Å². The minimum absolute atomic E-state index is 0.0867. The van der Waals surface area contributed by atoms with Crippen molar-refractivity contribution in [1.82, 2.24) is 19.4 Å². The molecule has 1 aromatic carbocycles. The Balaban J connectivity index is 1.46. The molecule has 0 spiro atoms. The Morgan fingerprint density at radius 2 is 1.60 bits per heavy atom. The Labute approximate surface area is 214 Å². The van der Waals surface area contributed by atoms with Gasteiger partial charge in [0.05, 0.1) is 5.69 Å². The second-order valence-corrected chi connectivity index (χ2v) is 13.1. The maximum Gasteiger partial charge on any atom is 0.242 e. The lowest BCUT2D eigenvalue weighted by Crippen LogP contribution is -2.39. The zero-order chi connectivity index (χ0) is 25.5. The molecular weight excluding hydrogens is 452 g/mol. The molecule has 5 nitrogen and oxygen atoms in total. The predicted octanol–water partition coefficient (Wildman–Crippen LogP) is 6.62. The van der Waals surface area contributed by atoms with Gasteiger partial charge in [-0.15, -0.1) is 11.3 Å². The van der Waals surface area contributed by atoms with Crippen LogP contribution in [0.1, 0.15) is 87.8 Å². The first-order valence-corrected chi connectivity index (χ1v) is 13.5. The van der Waals surface area contributed by atoms with Gasteiger partial charge < -0.3 is 9.47 Å². The quantitative estimate of drug-likeness (QED) is 0.411. The molecule has 6 heteroatoms. The second kappa shape index (κ2) is 9.53. The molecule has 1 aliphatic rings. The number of nitrogens with zero attached hydrogens (tertiary/aromatic N) is 4. The van der Waals surface area contributed by atoms with Crippen LogP contribution in [0.25, 0.3) is 10.6 Å². The number of imidazole rings is 1. The van der Waals surface area contributed by atoms with Gasteiger partial charge in [-0.1, -0.05) is 47.6 Å². The Morgan fingerprint density at radius 3 is 2.11 bits per heavy atom. The van der Waals surface area contributed by atoms with Gasteiger partial charge in [0.15, 0.2) is 0 Å². The van der Waals surface area contributed by atoms with Gasteiger partial charge in [0.2, 0.25) is 5.91 Å². The minimum atomic E-state index is 0.0867. The average molecular weight is 493 g/mol. The highest BCUT2D eigenvalue weighted by Crippen LogP contribution is 2.38. The molecule has 4 rings (SSSR count). The van der Waals surface area contributed by atoms with Crippen molar-refractivity contribution in [2.45, 2.75) is 91.5 Å². The molecular formula is C29H40N4OS.